The van der Waals surface area contributed by atoms with Gasteiger partial charge in [-0.15, -0.1) is 0 Å². The second-order valence-electron chi connectivity index (χ2n) is 8.45. The summed E-state index contributed by atoms with van der Waals surface area (Å²) in [7, 11) is 0. The Balaban J connectivity index is 1.81. The van der Waals surface area contributed by atoms with Crippen LogP contribution in [0, 0.1) is 5.41 Å². The molecule has 10 heteroatoms. The SMILES string of the molecule is CC(C)(C)C1=NN(C(=O)Nc2ccc(Cl)cc2)C(c2ccc(Cl)cc2Cl)C1n1cncn1. The minimum absolute atomic E-state index is 0.358. The molecular weight excluding hydrogens is 471 g/mol. The van der Waals surface area contributed by atoms with Crippen molar-refractivity contribution >= 4 is 52.2 Å². The van der Waals surface area contributed by atoms with Gasteiger partial charge in [-0.05, 0) is 42.0 Å². The van der Waals surface area contributed by atoms with Crippen LogP contribution in [0.2, 0.25) is 15.1 Å². The van der Waals surface area contributed by atoms with Crippen molar-refractivity contribution in [2.24, 2.45) is 10.5 Å². The minimum Gasteiger partial charge on any atom is -0.306 e. The second kappa shape index (κ2) is 8.73. The summed E-state index contributed by atoms with van der Waals surface area (Å²) in [6, 6.07) is 10.7. The maximum Gasteiger partial charge on any atom is 0.342 e. The van der Waals surface area contributed by atoms with E-state index in [0.717, 1.165) is 5.71 Å². The van der Waals surface area contributed by atoms with Crippen LogP contribution in [-0.4, -0.2) is 31.5 Å². The second-order valence-corrected chi connectivity index (χ2v) is 9.73. The maximum absolute atomic E-state index is 13.4. The number of rotatable bonds is 3. The summed E-state index contributed by atoms with van der Waals surface area (Å²) in [5.74, 6) is 0. The molecule has 2 heterocycles. The largest absolute Gasteiger partial charge is 0.342 e. The lowest BCUT2D eigenvalue weighted by Crippen LogP contribution is -2.36. The molecule has 166 valence electrons. The third-order valence-electron chi connectivity index (χ3n) is 5.13. The summed E-state index contributed by atoms with van der Waals surface area (Å²) in [4.78, 5) is 17.5. The van der Waals surface area contributed by atoms with Gasteiger partial charge in [0.15, 0.2) is 0 Å². The number of anilines is 1. The number of aromatic nitrogens is 3. The fourth-order valence-electron chi connectivity index (χ4n) is 3.67. The van der Waals surface area contributed by atoms with Gasteiger partial charge in [-0.1, -0.05) is 61.6 Å². The van der Waals surface area contributed by atoms with E-state index in [1.54, 1.807) is 47.4 Å². The van der Waals surface area contributed by atoms with Crippen molar-refractivity contribution in [3.63, 3.8) is 0 Å². The predicted octanol–water partition coefficient (Wildman–Crippen LogP) is 6.47. The zero-order valence-corrected chi connectivity index (χ0v) is 19.9. The van der Waals surface area contributed by atoms with Gasteiger partial charge in [-0.3, -0.25) is 0 Å². The third kappa shape index (κ3) is 4.46. The summed E-state index contributed by atoms with van der Waals surface area (Å²) in [5, 5.41) is 14.9. The zero-order chi connectivity index (χ0) is 23.0. The first kappa shape index (κ1) is 22.6. The van der Waals surface area contributed by atoms with Crippen LogP contribution in [0.15, 0.2) is 60.2 Å². The van der Waals surface area contributed by atoms with Gasteiger partial charge < -0.3 is 5.32 Å². The molecule has 0 radical (unpaired) electrons. The van der Waals surface area contributed by atoms with Crippen LogP contribution in [-0.2, 0) is 0 Å². The van der Waals surface area contributed by atoms with Gasteiger partial charge in [0.1, 0.15) is 24.7 Å². The highest BCUT2D eigenvalue weighted by Gasteiger charge is 2.47. The topological polar surface area (TPSA) is 75.4 Å². The smallest absolute Gasteiger partial charge is 0.306 e. The first-order valence-corrected chi connectivity index (χ1v) is 11.0. The Hall–Kier alpha value is -2.61. The van der Waals surface area contributed by atoms with E-state index in [1.165, 1.54) is 11.3 Å². The van der Waals surface area contributed by atoms with E-state index in [-0.39, 0.29) is 5.41 Å². The molecule has 4 rings (SSSR count). The molecule has 2 aromatic carbocycles. The molecule has 1 N–H and O–H groups in total. The summed E-state index contributed by atoms with van der Waals surface area (Å²) >= 11 is 18.7. The van der Waals surface area contributed by atoms with Crippen LogP contribution in [0.25, 0.3) is 0 Å². The van der Waals surface area contributed by atoms with Crippen LogP contribution >= 0.6 is 34.8 Å². The number of nitrogens with zero attached hydrogens (tertiary/aromatic N) is 5. The highest BCUT2D eigenvalue weighted by molar-refractivity contribution is 6.35. The van der Waals surface area contributed by atoms with Crippen molar-refractivity contribution in [2.45, 2.75) is 32.9 Å². The molecule has 1 aliphatic heterocycles. The number of hydrogen-bond donors (Lipinski definition) is 1. The number of hydrazone groups is 1. The van der Waals surface area contributed by atoms with E-state index in [0.29, 0.717) is 26.3 Å². The molecule has 3 aromatic rings. The third-order valence-corrected chi connectivity index (χ3v) is 5.95. The molecule has 2 unspecified atom stereocenters. The van der Waals surface area contributed by atoms with Crippen molar-refractivity contribution in [3.05, 3.63) is 75.8 Å². The molecule has 2 amide bonds. The van der Waals surface area contributed by atoms with Crippen molar-refractivity contribution in [2.75, 3.05) is 5.32 Å². The molecule has 2 atom stereocenters. The number of urea groups is 1. The predicted molar refractivity (Wildman–Crippen MR) is 127 cm³/mol. The van der Waals surface area contributed by atoms with Crippen molar-refractivity contribution in [1.82, 2.24) is 19.8 Å². The quantitative estimate of drug-likeness (QED) is 0.456. The summed E-state index contributed by atoms with van der Waals surface area (Å²) in [6.45, 7) is 6.12. The van der Waals surface area contributed by atoms with Crippen LogP contribution in [0.4, 0.5) is 10.5 Å². The van der Waals surface area contributed by atoms with Gasteiger partial charge in [-0.2, -0.15) is 10.2 Å². The molecule has 0 saturated carbocycles. The molecule has 32 heavy (non-hydrogen) atoms. The molecule has 7 nitrogen and oxygen atoms in total. The summed E-state index contributed by atoms with van der Waals surface area (Å²) < 4.78 is 1.70. The van der Waals surface area contributed by atoms with Crippen LogP contribution in [0.1, 0.15) is 38.4 Å². The van der Waals surface area contributed by atoms with E-state index in [9.17, 15) is 4.79 Å². The average Bonchev–Trinajstić information content (AvgIpc) is 3.37. The van der Waals surface area contributed by atoms with Crippen LogP contribution in [0.3, 0.4) is 0 Å². The van der Waals surface area contributed by atoms with E-state index in [2.05, 4.69) is 15.4 Å². The number of carbonyl (C=O) groups excluding carboxylic acids is 1. The highest BCUT2D eigenvalue weighted by Crippen LogP contribution is 2.45. The van der Waals surface area contributed by atoms with E-state index < -0.39 is 18.1 Å². The lowest BCUT2D eigenvalue weighted by molar-refractivity contribution is 0.188. The van der Waals surface area contributed by atoms with Gasteiger partial charge >= 0.3 is 6.03 Å². The van der Waals surface area contributed by atoms with Crippen molar-refractivity contribution < 1.29 is 4.79 Å². The molecule has 0 bridgehead atoms. The first-order chi connectivity index (χ1) is 15.1. The standard InChI is InChI=1S/C22H21Cl3N6O/c1-22(2,3)20-19(30-12-26-11-27-30)18(16-9-6-14(24)10-17(16)25)31(29-20)21(32)28-15-7-4-13(23)5-8-15/h4-12,18-19H,1-3H3,(H,28,32). The maximum atomic E-state index is 13.4. The fourth-order valence-corrected chi connectivity index (χ4v) is 4.32. The van der Waals surface area contributed by atoms with E-state index >= 15 is 0 Å². The van der Waals surface area contributed by atoms with Gasteiger partial charge in [0.25, 0.3) is 0 Å². The Kier molecular flexibility index (Phi) is 6.16. The number of halogens is 3. The number of benzene rings is 2. The molecule has 0 aliphatic carbocycles. The van der Waals surface area contributed by atoms with E-state index in [4.69, 9.17) is 39.9 Å². The number of nitrogens with one attached hydrogen (secondary N) is 1. The number of hydrogen-bond acceptors (Lipinski definition) is 4. The van der Waals surface area contributed by atoms with Crippen LogP contribution < -0.4 is 5.32 Å². The Morgan fingerprint density at radius 1 is 1.00 bits per heavy atom. The van der Waals surface area contributed by atoms with Crippen molar-refractivity contribution in [1.29, 1.82) is 0 Å². The Labute approximate surface area is 201 Å². The highest BCUT2D eigenvalue weighted by atomic mass is 35.5. The monoisotopic (exact) mass is 490 g/mol. The fraction of sp³-hybridized carbons (Fsp3) is 0.273. The summed E-state index contributed by atoms with van der Waals surface area (Å²) in [6.07, 6.45) is 3.07. The first-order valence-electron chi connectivity index (χ1n) is 9.89. The molecule has 0 saturated heterocycles. The average molecular weight is 492 g/mol. The molecule has 0 fully saturated rings. The molecule has 1 aliphatic rings. The Morgan fingerprint density at radius 3 is 2.28 bits per heavy atom. The van der Waals surface area contributed by atoms with Gasteiger partial charge in [0.05, 0.1) is 5.71 Å². The minimum atomic E-state index is -0.567. The lowest BCUT2D eigenvalue weighted by atomic mass is 9.82. The number of carbonyl (C=O) groups is 1. The van der Waals surface area contributed by atoms with Gasteiger partial charge in [-0.25, -0.2) is 19.5 Å². The molecule has 1 aromatic heterocycles. The van der Waals surface area contributed by atoms with E-state index in [1.807, 2.05) is 26.8 Å². The summed E-state index contributed by atoms with van der Waals surface area (Å²) in [5.41, 5.74) is 1.71. The zero-order valence-electron chi connectivity index (χ0n) is 17.6. The lowest BCUT2D eigenvalue weighted by Gasteiger charge is -2.30. The Morgan fingerprint density at radius 2 is 1.69 bits per heavy atom. The van der Waals surface area contributed by atoms with Gasteiger partial charge in [0.2, 0.25) is 0 Å². The van der Waals surface area contributed by atoms with Crippen LogP contribution in [0.5, 0.6) is 0 Å². The molecule has 0 spiro atoms. The molecular formula is C22H21Cl3N6O. The Bertz CT molecular complexity index is 1160. The normalized spacial score (nSPS) is 18.6. The van der Waals surface area contributed by atoms with Gasteiger partial charge in [0, 0.05) is 26.2 Å². The number of amides is 2. The van der Waals surface area contributed by atoms with Crippen molar-refractivity contribution in [3.8, 4) is 0 Å².